The molecule has 0 bridgehead atoms. The van der Waals surface area contributed by atoms with Gasteiger partial charge < -0.3 is 9.30 Å². The summed E-state index contributed by atoms with van der Waals surface area (Å²) in [5, 5.41) is 1.25. The van der Waals surface area contributed by atoms with E-state index in [1.54, 1.807) is 0 Å². The molecule has 0 N–H and O–H groups in total. The van der Waals surface area contributed by atoms with Crippen molar-refractivity contribution in [3.63, 3.8) is 0 Å². The summed E-state index contributed by atoms with van der Waals surface area (Å²) in [6.07, 6.45) is 11.9. The zero-order valence-electron chi connectivity index (χ0n) is 20.2. The van der Waals surface area contributed by atoms with Gasteiger partial charge in [0.2, 0.25) is 5.91 Å². The van der Waals surface area contributed by atoms with Crippen LogP contribution in [0.25, 0.3) is 10.9 Å². The number of likely N-dealkylation sites (tertiary alicyclic amines) is 1. The third-order valence-electron chi connectivity index (χ3n) is 7.06. The van der Waals surface area contributed by atoms with Gasteiger partial charge in [0.15, 0.2) is 0 Å². The van der Waals surface area contributed by atoms with Gasteiger partial charge in [-0.05, 0) is 70.1 Å². The third-order valence-corrected chi connectivity index (χ3v) is 7.06. The Hall–Kier alpha value is -2.30. The summed E-state index contributed by atoms with van der Waals surface area (Å²) in [6.45, 7) is 9.06. The second-order valence-corrected chi connectivity index (χ2v) is 10.7. The zero-order valence-corrected chi connectivity index (χ0v) is 20.2. The molecule has 2 aromatic rings. The lowest BCUT2D eigenvalue weighted by molar-refractivity contribution is -0.128. The van der Waals surface area contributed by atoms with Gasteiger partial charge in [-0.3, -0.25) is 4.79 Å². The minimum atomic E-state index is -0.607. The summed E-state index contributed by atoms with van der Waals surface area (Å²) in [6, 6.07) is 6.37. The molecule has 174 valence electrons. The van der Waals surface area contributed by atoms with Gasteiger partial charge in [-0.1, -0.05) is 44.2 Å². The van der Waals surface area contributed by atoms with Gasteiger partial charge in [0.25, 0.3) is 0 Å². The van der Waals surface area contributed by atoms with E-state index in [9.17, 15) is 9.59 Å². The van der Waals surface area contributed by atoms with Gasteiger partial charge >= 0.3 is 6.09 Å². The average Bonchev–Trinajstić information content (AvgIpc) is 3.27. The van der Waals surface area contributed by atoms with E-state index in [-0.39, 0.29) is 11.8 Å². The van der Waals surface area contributed by atoms with Crippen LogP contribution in [0.2, 0.25) is 0 Å². The Morgan fingerprint density at radius 1 is 1.12 bits per heavy atom. The molecule has 32 heavy (non-hydrogen) atoms. The number of hydrogen-bond acceptors (Lipinski definition) is 3. The van der Waals surface area contributed by atoms with Crippen LogP contribution in [0, 0.1) is 12.8 Å². The van der Waals surface area contributed by atoms with Crippen molar-refractivity contribution >= 4 is 22.9 Å². The number of amides is 2. The van der Waals surface area contributed by atoms with Gasteiger partial charge in [0, 0.05) is 30.2 Å². The highest BCUT2D eigenvalue weighted by Crippen LogP contribution is 2.33. The first kappa shape index (κ1) is 22.9. The van der Waals surface area contributed by atoms with Crippen molar-refractivity contribution in [2.24, 2.45) is 5.92 Å². The Bertz CT molecular complexity index is 979. The quantitative estimate of drug-likeness (QED) is 0.531. The average molecular weight is 439 g/mol. The highest BCUT2D eigenvalue weighted by atomic mass is 16.6. The molecule has 1 atom stereocenters. The van der Waals surface area contributed by atoms with Crippen LogP contribution in [0.4, 0.5) is 4.79 Å². The van der Waals surface area contributed by atoms with Gasteiger partial charge in [-0.25, -0.2) is 9.69 Å². The summed E-state index contributed by atoms with van der Waals surface area (Å²) in [4.78, 5) is 26.7. The van der Waals surface area contributed by atoms with E-state index < -0.39 is 11.7 Å². The number of aryl methyl sites for hydroxylation is 2. The van der Waals surface area contributed by atoms with E-state index in [2.05, 4.69) is 35.9 Å². The van der Waals surface area contributed by atoms with Gasteiger partial charge in [-0.15, -0.1) is 0 Å². The molecular formula is C27H38N2O3. The predicted molar refractivity (Wildman–Crippen MR) is 128 cm³/mol. The van der Waals surface area contributed by atoms with Crippen LogP contribution in [0.3, 0.4) is 0 Å². The SMILES string of the molecule is Cc1cn(CCCC2CCCCC2)c2cc(C3CCN(C(=O)OC(C)(C)C)C3=O)ccc12. The van der Waals surface area contributed by atoms with E-state index in [1.165, 1.54) is 66.3 Å². The molecule has 0 radical (unpaired) electrons. The number of imide groups is 1. The number of carbonyl (C=O) groups is 2. The highest BCUT2D eigenvalue weighted by Gasteiger charge is 2.38. The Balaban J connectivity index is 1.47. The predicted octanol–water partition coefficient (Wildman–Crippen LogP) is 6.56. The molecule has 1 aliphatic carbocycles. The highest BCUT2D eigenvalue weighted by molar-refractivity contribution is 5.98. The van der Waals surface area contributed by atoms with E-state index in [0.717, 1.165) is 18.0 Å². The molecule has 1 saturated heterocycles. The number of ether oxygens (including phenoxy) is 1. The molecule has 2 heterocycles. The fraction of sp³-hybridized carbons (Fsp3) is 0.630. The number of nitrogens with zero attached hydrogens (tertiary/aromatic N) is 2. The second kappa shape index (κ2) is 9.29. The Morgan fingerprint density at radius 2 is 1.88 bits per heavy atom. The van der Waals surface area contributed by atoms with Crippen LogP contribution >= 0.6 is 0 Å². The van der Waals surface area contributed by atoms with Crippen LogP contribution in [-0.2, 0) is 16.1 Å². The normalized spacial score (nSPS) is 20.3. The molecule has 0 spiro atoms. The minimum absolute atomic E-state index is 0.147. The van der Waals surface area contributed by atoms with Crippen LogP contribution < -0.4 is 0 Å². The van der Waals surface area contributed by atoms with E-state index in [0.29, 0.717) is 13.0 Å². The van der Waals surface area contributed by atoms with Crippen LogP contribution in [0.15, 0.2) is 24.4 Å². The number of aromatic nitrogens is 1. The van der Waals surface area contributed by atoms with Crippen molar-refractivity contribution < 1.29 is 14.3 Å². The van der Waals surface area contributed by atoms with Crippen molar-refractivity contribution in [3.8, 4) is 0 Å². The van der Waals surface area contributed by atoms with E-state index in [1.807, 2.05) is 20.8 Å². The van der Waals surface area contributed by atoms with Gasteiger partial charge in [0.1, 0.15) is 5.60 Å². The van der Waals surface area contributed by atoms with Crippen molar-refractivity contribution in [2.75, 3.05) is 6.54 Å². The molecule has 2 aliphatic rings. The number of fused-ring (bicyclic) bond motifs is 1. The standard InChI is InChI=1S/C27H38N2O3/c1-19-18-28(15-8-11-20-9-6-5-7-10-20)24-17-21(12-13-22(19)24)23-14-16-29(25(23)30)26(31)32-27(2,3)4/h12-13,17-18,20,23H,5-11,14-16H2,1-4H3. The fourth-order valence-corrected chi connectivity index (χ4v) is 5.41. The van der Waals surface area contributed by atoms with Crippen molar-refractivity contribution in [1.29, 1.82) is 0 Å². The minimum Gasteiger partial charge on any atom is -0.443 e. The molecule has 5 heteroatoms. The molecule has 1 aromatic heterocycles. The van der Waals surface area contributed by atoms with Crippen LogP contribution in [0.5, 0.6) is 0 Å². The van der Waals surface area contributed by atoms with E-state index >= 15 is 0 Å². The molecule has 1 aromatic carbocycles. The van der Waals surface area contributed by atoms with Crippen LogP contribution in [0.1, 0.15) is 89.2 Å². The Labute approximate surface area is 192 Å². The largest absolute Gasteiger partial charge is 0.443 e. The lowest BCUT2D eigenvalue weighted by atomic mass is 9.86. The summed E-state index contributed by atoms with van der Waals surface area (Å²) in [5.41, 5.74) is 2.87. The summed E-state index contributed by atoms with van der Waals surface area (Å²) in [5.74, 6) is 0.473. The lowest BCUT2D eigenvalue weighted by Crippen LogP contribution is -2.38. The molecule has 1 unspecified atom stereocenters. The Kier molecular flexibility index (Phi) is 6.64. The molecule has 2 amide bonds. The van der Waals surface area contributed by atoms with Gasteiger partial charge in [0.05, 0.1) is 5.92 Å². The van der Waals surface area contributed by atoms with Crippen LogP contribution in [-0.4, -0.2) is 33.6 Å². The molecular weight excluding hydrogens is 400 g/mol. The third kappa shape index (κ3) is 5.02. The smallest absolute Gasteiger partial charge is 0.417 e. The van der Waals surface area contributed by atoms with Crippen molar-refractivity contribution in [1.82, 2.24) is 9.47 Å². The molecule has 1 saturated carbocycles. The topological polar surface area (TPSA) is 51.5 Å². The van der Waals surface area contributed by atoms with Gasteiger partial charge in [-0.2, -0.15) is 0 Å². The molecule has 1 aliphatic heterocycles. The van der Waals surface area contributed by atoms with Crippen molar-refractivity contribution in [2.45, 2.75) is 97.1 Å². The maximum atomic E-state index is 13.0. The summed E-state index contributed by atoms with van der Waals surface area (Å²) in [7, 11) is 0. The molecule has 4 rings (SSSR count). The monoisotopic (exact) mass is 438 g/mol. The molecule has 2 fully saturated rings. The second-order valence-electron chi connectivity index (χ2n) is 10.7. The lowest BCUT2D eigenvalue weighted by Gasteiger charge is -2.23. The van der Waals surface area contributed by atoms with E-state index in [4.69, 9.17) is 4.74 Å². The number of hydrogen-bond donors (Lipinski definition) is 0. The maximum Gasteiger partial charge on any atom is 0.417 e. The summed E-state index contributed by atoms with van der Waals surface area (Å²) >= 11 is 0. The zero-order chi connectivity index (χ0) is 22.9. The first-order valence-corrected chi connectivity index (χ1v) is 12.4. The Morgan fingerprint density at radius 3 is 2.59 bits per heavy atom. The first-order valence-electron chi connectivity index (χ1n) is 12.4. The fourth-order valence-electron chi connectivity index (χ4n) is 5.41. The first-order chi connectivity index (χ1) is 15.2. The number of benzene rings is 1. The summed E-state index contributed by atoms with van der Waals surface area (Å²) < 4.78 is 7.79. The maximum absolute atomic E-state index is 13.0. The number of carbonyl (C=O) groups excluding carboxylic acids is 2. The molecule has 5 nitrogen and oxygen atoms in total. The van der Waals surface area contributed by atoms with Crippen molar-refractivity contribution in [3.05, 3.63) is 35.5 Å². The number of rotatable bonds is 5.